The van der Waals surface area contributed by atoms with Crippen LogP contribution in [0.3, 0.4) is 0 Å². The highest BCUT2D eigenvalue weighted by atomic mass is 19.3. The predicted octanol–water partition coefficient (Wildman–Crippen LogP) is 2.88. The molecule has 18 heavy (non-hydrogen) atoms. The average Bonchev–Trinajstić information content (AvgIpc) is 2.38. The fraction of sp³-hybridized carbons (Fsp3) is 0.571. The van der Waals surface area contributed by atoms with Gasteiger partial charge in [-0.3, -0.25) is 4.90 Å². The van der Waals surface area contributed by atoms with E-state index in [0.29, 0.717) is 6.54 Å². The minimum absolute atomic E-state index is 0.114. The lowest BCUT2D eigenvalue weighted by Gasteiger charge is -2.31. The van der Waals surface area contributed by atoms with Crippen molar-refractivity contribution in [2.24, 2.45) is 5.73 Å². The highest BCUT2D eigenvalue weighted by Gasteiger charge is 2.31. The highest BCUT2D eigenvalue weighted by molar-refractivity contribution is 5.14. The van der Waals surface area contributed by atoms with Gasteiger partial charge in [-0.25, -0.2) is 8.78 Å². The third-order valence-electron chi connectivity index (χ3n) is 3.18. The first-order valence-corrected chi connectivity index (χ1v) is 6.34. The Morgan fingerprint density at radius 1 is 1.28 bits per heavy atom. The number of hydrogen-bond donors (Lipinski definition) is 1. The van der Waals surface area contributed by atoms with Gasteiger partial charge < -0.3 is 5.73 Å². The van der Waals surface area contributed by atoms with E-state index in [4.69, 9.17) is 5.73 Å². The largest absolute Gasteiger partial charge is 0.325 e. The van der Waals surface area contributed by atoms with E-state index < -0.39 is 12.5 Å². The Balaban J connectivity index is 2.73. The number of nitrogens with zero attached hydrogens (tertiary/aromatic N) is 1. The molecule has 0 radical (unpaired) electrons. The molecule has 0 aromatic heterocycles. The second-order valence-corrected chi connectivity index (χ2v) is 4.71. The van der Waals surface area contributed by atoms with Crippen LogP contribution in [-0.4, -0.2) is 30.0 Å². The Kier molecular flexibility index (Phi) is 5.69. The summed E-state index contributed by atoms with van der Waals surface area (Å²) in [6, 6.07) is 9.79. The minimum atomic E-state index is -2.82. The lowest BCUT2D eigenvalue weighted by molar-refractivity contribution is -0.0355. The predicted molar refractivity (Wildman–Crippen MR) is 70.6 cm³/mol. The monoisotopic (exact) mass is 256 g/mol. The molecule has 0 aliphatic carbocycles. The van der Waals surface area contributed by atoms with Gasteiger partial charge in [0, 0.05) is 12.6 Å². The molecule has 0 aliphatic rings. The Morgan fingerprint density at radius 3 is 2.39 bits per heavy atom. The molecule has 0 fully saturated rings. The van der Waals surface area contributed by atoms with Crippen molar-refractivity contribution in [2.45, 2.75) is 38.8 Å². The third-order valence-corrected chi connectivity index (χ3v) is 3.18. The van der Waals surface area contributed by atoms with E-state index in [1.165, 1.54) is 0 Å². The van der Waals surface area contributed by atoms with Crippen LogP contribution in [0.1, 0.15) is 25.8 Å². The number of nitrogens with two attached hydrogens (primary N) is 1. The van der Waals surface area contributed by atoms with Crippen LogP contribution in [-0.2, 0) is 6.54 Å². The van der Waals surface area contributed by atoms with Gasteiger partial charge in [-0.15, -0.1) is 0 Å². The Morgan fingerprint density at radius 2 is 1.89 bits per heavy atom. The number of hydrogen-bond acceptors (Lipinski definition) is 2. The van der Waals surface area contributed by atoms with Gasteiger partial charge in [-0.05, 0) is 18.9 Å². The molecule has 0 saturated heterocycles. The summed E-state index contributed by atoms with van der Waals surface area (Å²) in [7, 11) is 0. The van der Waals surface area contributed by atoms with Crippen molar-refractivity contribution in [2.75, 3.05) is 13.1 Å². The zero-order valence-electron chi connectivity index (χ0n) is 11.1. The van der Waals surface area contributed by atoms with Gasteiger partial charge in [0.1, 0.15) is 0 Å². The van der Waals surface area contributed by atoms with Crippen molar-refractivity contribution in [3.63, 3.8) is 0 Å². The van der Waals surface area contributed by atoms with E-state index in [9.17, 15) is 8.78 Å². The van der Waals surface area contributed by atoms with E-state index in [1.807, 2.05) is 44.2 Å². The lowest BCUT2D eigenvalue weighted by atomic mass is 10.1. The van der Waals surface area contributed by atoms with Gasteiger partial charge in [-0.2, -0.15) is 0 Å². The van der Waals surface area contributed by atoms with Crippen molar-refractivity contribution in [1.82, 2.24) is 4.90 Å². The zero-order valence-corrected chi connectivity index (χ0v) is 11.1. The first kappa shape index (κ1) is 15.1. The molecule has 2 N–H and O–H groups in total. The van der Waals surface area contributed by atoms with Crippen LogP contribution in [0.15, 0.2) is 30.3 Å². The van der Waals surface area contributed by atoms with Crippen molar-refractivity contribution in [1.29, 1.82) is 0 Å². The molecule has 1 aromatic rings. The van der Waals surface area contributed by atoms with Gasteiger partial charge >= 0.3 is 0 Å². The first-order valence-electron chi connectivity index (χ1n) is 6.34. The van der Waals surface area contributed by atoms with Crippen LogP contribution in [0.25, 0.3) is 0 Å². The van der Waals surface area contributed by atoms with Gasteiger partial charge in [0.2, 0.25) is 0 Å². The molecule has 1 unspecified atom stereocenters. The molecule has 0 aliphatic heterocycles. The molecule has 1 atom stereocenters. The third kappa shape index (κ3) is 4.70. The van der Waals surface area contributed by atoms with Crippen LogP contribution in [0, 0.1) is 0 Å². The Hall–Kier alpha value is -1.00. The van der Waals surface area contributed by atoms with Gasteiger partial charge in [-0.1, -0.05) is 37.3 Å². The standard InChI is InChI=1S/C14H22F2N2/c1-3-12(2)18(11-14(15,16)10-17)9-13-7-5-4-6-8-13/h4-8,12H,3,9-11,17H2,1-2H3. The molecular weight excluding hydrogens is 234 g/mol. The summed E-state index contributed by atoms with van der Waals surface area (Å²) in [5.74, 6) is -2.82. The van der Waals surface area contributed by atoms with Crippen LogP contribution < -0.4 is 5.73 Å². The lowest BCUT2D eigenvalue weighted by Crippen LogP contribution is -2.45. The first-order chi connectivity index (χ1) is 8.48. The second kappa shape index (κ2) is 6.81. The molecule has 2 nitrogen and oxygen atoms in total. The summed E-state index contributed by atoms with van der Waals surface area (Å²) >= 11 is 0. The SMILES string of the molecule is CCC(C)N(Cc1ccccc1)CC(F)(F)CN. The normalized spacial score (nSPS) is 13.9. The second-order valence-electron chi connectivity index (χ2n) is 4.71. The summed E-state index contributed by atoms with van der Waals surface area (Å²) in [5, 5.41) is 0. The maximum Gasteiger partial charge on any atom is 0.272 e. The van der Waals surface area contributed by atoms with Crippen molar-refractivity contribution < 1.29 is 8.78 Å². The summed E-state index contributed by atoms with van der Waals surface area (Å²) in [6.07, 6.45) is 0.841. The van der Waals surface area contributed by atoms with Crippen LogP contribution in [0.4, 0.5) is 8.78 Å². The molecule has 1 rings (SSSR count). The van der Waals surface area contributed by atoms with E-state index in [1.54, 1.807) is 4.90 Å². The van der Waals surface area contributed by atoms with Gasteiger partial charge in [0.05, 0.1) is 13.1 Å². The summed E-state index contributed by atoms with van der Waals surface area (Å²) in [5.41, 5.74) is 6.16. The maximum absolute atomic E-state index is 13.4. The topological polar surface area (TPSA) is 29.3 Å². The van der Waals surface area contributed by atoms with E-state index in [2.05, 4.69) is 0 Å². The van der Waals surface area contributed by atoms with E-state index >= 15 is 0 Å². The number of rotatable bonds is 7. The average molecular weight is 256 g/mol. The van der Waals surface area contributed by atoms with Crippen molar-refractivity contribution in [3.8, 4) is 0 Å². The molecule has 1 aromatic carbocycles. The summed E-state index contributed by atoms with van der Waals surface area (Å²) in [6.45, 7) is 3.62. The van der Waals surface area contributed by atoms with Gasteiger partial charge in [0.25, 0.3) is 5.92 Å². The zero-order chi connectivity index (χ0) is 13.6. The number of halogens is 2. The van der Waals surface area contributed by atoms with Crippen molar-refractivity contribution >= 4 is 0 Å². The van der Waals surface area contributed by atoms with Gasteiger partial charge in [0.15, 0.2) is 0 Å². The molecule has 0 spiro atoms. The summed E-state index contributed by atoms with van der Waals surface area (Å²) in [4.78, 5) is 1.79. The van der Waals surface area contributed by atoms with Crippen LogP contribution in [0.2, 0.25) is 0 Å². The van der Waals surface area contributed by atoms with E-state index in [-0.39, 0.29) is 12.6 Å². The van der Waals surface area contributed by atoms with Crippen LogP contribution in [0.5, 0.6) is 0 Å². The van der Waals surface area contributed by atoms with Crippen LogP contribution >= 0.6 is 0 Å². The minimum Gasteiger partial charge on any atom is -0.325 e. The summed E-state index contributed by atoms with van der Waals surface area (Å²) < 4.78 is 26.9. The molecule has 0 bridgehead atoms. The maximum atomic E-state index is 13.4. The molecular formula is C14H22F2N2. The van der Waals surface area contributed by atoms with Crippen molar-refractivity contribution in [3.05, 3.63) is 35.9 Å². The quantitative estimate of drug-likeness (QED) is 0.812. The fourth-order valence-corrected chi connectivity index (χ4v) is 1.81. The Labute approximate surface area is 108 Å². The number of benzene rings is 1. The smallest absolute Gasteiger partial charge is 0.272 e. The number of alkyl halides is 2. The molecule has 4 heteroatoms. The molecule has 0 heterocycles. The molecule has 102 valence electrons. The fourth-order valence-electron chi connectivity index (χ4n) is 1.81. The Bertz CT molecular complexity index is 341. The van der Waals surface area contributed by atoms with E-state index in [0.717, 1.165) is 12.0 Å². The highest BCUT2D eigenvalue weighted by Crippen LogP contribution is 2.18. The molecule has 0 saturated carbocycles. The molecule has 0 amide bonds.